The number of esters is 2. The summed E-state index contributed by atoms with van der Waals surface area (Å²) in [6.45, 7) is 1.13. The number of hydrogen-bond acceptors (Lipinski definition) is 9. The number of rotatable bonds is 35. The maximum atomic E-state index is 14.1. The Kier molecular flexibility index (Phi) is 29.3. The summed E-state index contributed by atoms with van der Waals surface area (Å²) in [4.78, 5) is 58.9. The zero-order valence-corrected chi connectivity index (χ0v) is 34.7. The van der Waals surface area contributed by atoms with Crippen molar-refractivity contribution in [3.8, 4) is 0 Å². The molecule has 2 N–H and O–H groups in total. The maximum absolute atomic E-state index is 14.1. The summed E-state index contributed by atoms with van der Waals surface area (Å²) < 4.78 is 82.0. The van der Waals surface area contributed by atoms with Crippen molar-refractivity contribution in [3.05, 3.63) is 51.4 Å². The van der Waals surface area contributed by atoms with Crippen LogP contribution in [-0.2, 0) is 28.2 Å². The Balaban J connectivity index is 2.17. The number of halogens is 4. The van der Waals surface area contributed by atoms with Gasteiger partial charge >= 0.3 is 11.9 Å². The van der Waals surface area contributed by atoms with Gasteiger partial charge in [-0.25, -0.2) is 17.6 Å². The van der Waals surface area contributed by atoms with E-state index in [1.165, 1.54) is 38.5 Å². The first-order valence-electron chi connectivity index (χ1n) is 20.7. The smallest absolute Gasteiger partial charge is 0.306 e. The van der Waals surface area contributed by atoms with Crippen LogP contribution < -0.4 is 10.2 Å². The molecular formula is C40H62F4N4O9P-. The third-order valence-corrected chi connectivity index (χ3v) is 9.73. The number of azide groups is 1. The fraction of sp³-hybridized carbons (Fsp3) is 0.725. The Labute approximate surface area is 339 Å². The number of allylic oxidation sites excluding steroid dienone is 2. The number of amides is 1. The molecule has 1 aromatic carbocycles. The molecular weight excluding hydrogens is 787 g/mol. The molecule has 0 aromatic heterocycles. The van der Waals surface area contributed by atoms with Gasteiger partial charge in [0, 0.05) is 24.3 Å². The van der Waals surface area contributed by atoms with Gasteiger partial charge in [-0.2, -0.15) is 0 Å². The van der Waals surface area contributed by atoms with Crippen LogP contribution >= 0.6 is 7.82 Å². The van der Waals surface area contributed by atoms with E-state index in [-0.39, 0.29) is 19.4 Å². The van der Waals surface area contributed by atoms with E-state index in [0.717, 1.165) is 77.0 Å². The van der Waals surface area contributed by atoms with Crippen molar-refractivity contribution in [1.29, 1.82) is 0 Å². The van der Waals surface area contributed by atoms with Gasteiger partial charge in [-0.3, -0.25) is 18.9 Å². The summed E-state index contributed by atoms with van der Waals surface area (Å²) in [6, 6.07) is 0. The molecule has 0 spiro atoms. The normalized spacial score (nSPS) is 12.9. The first-order valence-corrected chi connectivity index (χ1v) is 22.2. The van der Waals surface area contributed by atoms with Gasteiger partial charge < -0.3 is 29.1 Å². The molecule has 1 amide bonds. The Hall–Kier alpha value is -3.49. The molecule has 1 aromatic rings. The van der Waals surface area contributed by atoms with E-state index < -0.39 is 79.5 Å². The molecule has 0 aliphatic rings. The first kappa shape index (κ1) is 52.5. The van der Waals surface area contributed by atoms with E-state index in [9.17, 15) is 41.4 Å². The van der Waals surface area contributed by atoms with E-state index in [0.29, 0.717) is 25.7 Å². The fourth-order valence-corrected chi connectivity index (χ4v) is 6.37. The molecule has 0 bridgehead atoms. The molecule has 18 heteroatoms. The molecule has 58 heavy (non-hydrogen) atoms. The summed E-state index contributed by atoms with van der Waals surface area (Å²) in [7, 11) is -5.08. The minimum absolute atomic E-state index is 0.0181. The van der Waals surface area contributed by atoms with Crippen LogP contribution in [0.2, 0.25) is 0 Å². The van der Waals surface area contributed by atoms with Crippen molar-refractivity contribution in [1.82, 2.24) is 5.32 Å². The third-order valence-electron chi connectivity index (χ3n) is 9.25. The SMILES string of the molecule is CCCCCCCC/C=C/CCCCCCCC(=O)OC(COC(=O)CCCCCCCCCCCNC(=O)c1c(F)c(F)c(N=[N+]=[N-])c(F)c1F)COP(=O)([O-])O. The molecule has 0 aliphatic heterocycles. The number of ether oxygens (including phenoxy) is 2. The van der Waals surface area contributed by atoms with Gasteiger partial charge in [-0.05, 0) is 50.5 Å². The number of hydrogen-bond donors (Lipinski definition) is 2. The molecule has 13 nitrogen and oxygen atoms in total. The van der Waals surface area contributed by atoms with Crippen LogP contribution in [0.4, 0.5) is 23.2 Å². The quantitative estimate of drug-likeness (QED) is 0.00767. The number of carbonyl (C=O) groups is 3. The van der Waals surface area contributed by atoms with Crippen molar-refractivity contribution >= 4 is 31.4 Å². The second kappa shape index (κ2) is 32.4. The summed E-state index contributed by atoms with van der Waals surface area (Å²) in [5.74, 6) is -10.3. The summed E-state index contributed by atoms with van der Waals surface area (Å²) in [6.07, 6.45) is 24.8. The highest BCUT2D eigenvalue weighted by Gasteiger charge is 2.29. The summed E-state index contributed by atoms with van der Waals surface area (Å²) in [5, 5.41) is 4.81. The van der Waals surface area contributed by atoms with Gasteiger partial charge in [-0.1, -0.05) is 121 Å². The summed E-state index contributed by atoms with van der Waals surface area (Å²) >= 11 is 0. The van der Waals surface area contributed by atoms with Crippen LogP contribution in [-0.4, -0.2) is 48.6 Å². The molecule has 0 radical (unpaired) electrons. The molecule has 330 valence electrons. The van der Waals surface area contributed by atoms with E-state index in [2.05, 4.69) is 38.9 Å². The van der Waals surface area contributed by atoms with Crippen LogP contribution in [0.5, 0.6) is 0 Å². The van der Waals surface area contributed by atoms with Gasteiger partial charge in [-0.15, -0.1) is 0 Å². The average Bonchev–Trinajstić information content (AvgIpc) is 3.18. The number of nitrogens with one attached hydrogen (secondary N) is 1. The topological polar surface area (TPSA) is 200 Å². The monoisotopic (exact) mass is 849 g/mol. The van der Waals surface area contributed by atoms with Crippen LogP contribution in [0.15, 0.2) is 17.3 Å². The largest absolute Gasteiger partial charge is 0.756 e. The van der Waals surface area contributed by atoms with Crippen LogP contribution in [0.1, 0.15) is 171 Å². The van der Waals surface area contributed by atoms with Crippen LogP contribution in [0.3, 0.4) is 0 Å². The van der Waals surface area contributed by atoms with Gasteiger partial charge in [0.25, 0.3) is 13.7 Å². The minimum Gasteiger partial charge on any atom is -0.756 e. The lowest BCUT2D eigenvalue weighted by molar-refractivity contribution is -0.223. The summed E-state index contributed by atoms with van der Waals surface area (Å²) in [5.41, 5.74) is 5.38. The highest BCUT2D eigenvalue weighted by atomic mass is 31.2. The van der Waals surface area contributed by atoms with E-state index in [1.54, 1.807) is 0 Å². The van der Waals surface area contributed by atoms with Crippen molar-refractivity contribution < 1.29 is 60.3 Å². The first-order chi connectivity index (χ1) is 27.8. The molecule has 2 atom stereocenters. The Morgan fingerprint density at radius 1 is 0.741 bits per heavy atom. The van der Waals surface area contributed by atoms with Gasteiger partial charge in [0.05, 0.1) is 6.61 Å². The number of benzene rings is 1. The highest BCUT2D eigenvalue weighted by Crippen LogP contribution is 2.31. The minimum atomic E-state index is -5.08. The van der Waals surface area contributed by atoms with Gasteiger partial charge in [0.1, 0.15) is 17.9 Å². The van der Waals surface area contributed by atoms with E-state index in [4.69, 9.17) is 19.9 Å². The average molecular weight is 850 g/mol. The molecule has 0 heterocycles. The number of phosphoric ester groups is 1. The van der Waals surface area contributed by atoms with E-state index >= 15 is 0 Å². The fourth-order valence-electron chi connectivity index (χ4n) is 6.01. The number of phosphoric acid groups is 1. The number of nitrogens with zero attached hydrogens (tertiary/aromatic N) is 3. The zero-order valence-electron chi connectivity index (χ0n) is 33.8. The molecule has 0 saturated carbocycles. The number of unbranched alkanes of at least 4 members (excludes halogenated alkanes) is 19. The van der Waals surface area contributed by atoms with Crippen molar-refractivity contribution in [2.75, 3.05) is 19.8 Å². The van der Waals surface area contributed by atoms with E-state index in [1.807, 2.05) is 0 Å². The Morgan fingerprint density at radius 2 is 1.21 bits per heavy atom. The lowest BCUT2D eigenvalue weighted by Crippen LogP contribution is -2.30. The van der Waals surface area contributed by atoms with Crippen molar-refractivity contribution in [2.24, 2.45) is 5.11 Å². The van der Waals surface area contributed by atoms with Gasteiger partial charge in [0.2, 0.25) is 0 Å². The zero-order chi connectivity index (χ0) is 43.0. The van der Waals surface area contributed by atoms with Crippen LogP contribution in [0.25, 0.3) is 10.4 Å². The highest BCUT2D eigenvalue weighted by molar-refractivity contribution is 7.44. The predicted octanol–water partition coefficient (Wildman–Crippen LogP) is 10.8. The van der Waals surface area contributed by atoms with Gasteiger partial charge in [0.15, 0.2) is 29.4 Å². The number of carbonyl (C=O) groups excluding carboxylic acids is 3. The lowest BCUT2D eigenvalue weighted by atomic mass is 10.1. The predicted molar refractivity (Wildman–Crippen MR) is 210 cm³/mol. The second-order valence-electron chi connectivity index (χ2n) is 14.3. The molecule has 0 saturated heterocycles. The lowest BCUT2D eigenvalue weighted by Gasteiger charge is -2.21. The maximum Gasteiger partial charge on any atom is 0.306 e. The second-order valence-corrected chi connectivity index (χ2v) is 15.4. The standard InChI is InChI=1S/C40H63F4N4O9P/c1-2-3-4-5-6-7-8-9-10-11-12-14-18-21-24-27-33(50)57-31(30-56-58(52,53)54)29-55-32(49)26-23-20-17-15-13-16-19-22-25-28-46-40(51)34-35(41)37(43)39(47-48-45)38(44)36(34)42/h9-10,31H,2-8,11-30H2,1H3,(H,46,51)(H2,52,53,54)/p-1/b10-9+. The van der Waals surface area contributed by atoms with Crippen LogP contribution in [0, 0.1) is 23.3 Å². The van der Waals surface area contributed by atoms with Crippen molar-refractivity contribution in [2.45, 2.75) is 167 Å². The van der Waals surface area contributed by atoms with Crippen molar-refractivity contribution in [3.63, 3.8) is 0 Å². The third kappa shape index (κ3) is 25.1. The molecule has 0 fully saturated rings. The molecule has 2 unspecified atom stereocenters. The molecule has 0 aliphatic carbocycles. The Bertz CT molecular complexity index is 1460. The molecule has 1 rings (SSSR count). The Morgan fingerprint density at radius 3 is 1.71 bits per heavy atom.